The van der Waals surface area contributed by atoms with Crippen molar-refractivity contribution in [2.45, 2.75) is 11.8 Å². The van der Waals surface area contributed by atoms with Crippen LogP contribution in [0.5, 0.6) is 0 Å². The van der Waals surface area contributed by atoms with Gasteiger partial charge in [0.05, 0.1) is 12.0 Å². The van der Waals surface area contributed by atoms with Crippen LogP contribution in [0.15, 0.2) is 53.5 Å². The van der Waals surface area contributed by atoms with E-state index in [2.05, 4.69) is 9.46 Å². The predicted molar refractivity (Wildman–Crippen MR) is 76.7 cm³/mol. The van der Waals surface area contributed by atoms with E-state index < -0.39 is 16.0 Å². The van der Waals surface area contributed by atoms with Gasteiger partial charge in [-0.25, -0.2) is 17.9 Å². The van der Waals surface area contributed by atoms with Gasteiger partial charge < -0.3 is 4.74 Å². The summed E-state index contributed by atoms with van der Waals surface area (Å²) in [5.41, 5.74) is 0.997. The maximum atomic E-state index is 11.9. The second-order valence-electron chi connectivity index (χ2n) is 3.98. The van der Waals surface area contributed by atoms with Crippen molar-refractivity contribution in [1.82, 2.24) is 4.72 Å². The Morgan fingerprint density at radius 1 is 1.25 bits per heavy atom. The Bertz CT molecular complexity index is 601. The number of nitrogens with one attached hydrogen (secondary N) is 1. The molecule has 0 radical (unpaired) electrons. The number of carbonyl (C=O) groups excluding carboxylic acids is 1. The molecule has 0 aliphatic heterocycles. The molecule has 0 atom stereocenters. The van der Waals surface area contributed by atoms with Crippen molar-refractivity contribution in [3.05, 3.63) is 54.1 Å². The molecular formula is C14H17NO4S. The van der Waals surface area contributed by atoms with Crippen LogP contribution in [-0.4, -0.2) is 28.0 Å². The van der Waals surface area contributed by atoms with E-state index in [9.17, 15) is 13.2 Å². The highest BCUT2D eigenvalue weighted by atomic mass is 32.2. The Labute approximate surface area is 119 Å². The van der Waals surface area contributed by atoms with Crippen molar-refractivity contribution in [2.24, 2.45) is 0 Å². The maximum Gasteiger partial charge on any atom is 0.330 e. The van der Waals surface area contributed by atoms with Gasteiger partial charge in [-0.1, -0.05) is 35.9 Å². The largest absolute Gasteiger partial charge is 0.466 e. The molecule has 1 aromatic rings. The number of aryl methyl sites for hydroxylation is 1. The topological polar surface area (TPSA) is 72.5 Å². The molecule has 0 amide bonds. The summed E-state index contributed by atoms with van der Waals surface area (Å²) in [6.07, 6.45) is 5.87. The van der Waals surface area contributed by atoms with Gasteiger partial charge in [0, 0.05) is 12.6 Å². The fourth-order valence-electron chi connectivity index (χ4n) is 1.31. The number of hydrogen-bond acceptors (Lipinski definition) is 4. The first kappa shape index (κ1) is 16.1. The number of rotatable bonds is 6. The molecule has 0 aliphatic carbocycles. The standard InChI is InChI=1S/C14H17NO4S/c1-12-7-9-13(10-8-12)20(17,18)15-11-5-3-4-6-14(16)19-2/h3-10,15H,11H2,1-2H3/b5-3-,6-4+. The number of sulfonamides is 1. The van der Waals surface area contributed by atoms with Crippen LogP contribution in [0.2, 0.25) is 0 Å². The number of ether oxygens (including phenoxy) is 1. The number of methoxy groups -OCH3 is 1. The predicted octanol–water partition coefficient (Wildman–Crippen LogP) is 1.56. The molecule has 0 saturated heterocycles. The minimum atomic E-state index is -3.50. The van der Waals surface area contributed by atoms with E-state index >= 15 is 0 Å². The zero-order valence-corrected chi connectivity index (χ0v) is 12.2. The van der Waals surface area contributed by atoms with Crippen molar-refractivity contribution in [2.75, 3.05) is 13.7 Å². The van der Waals surface area contributed by atoms with Gasteiger partial charge in [-0.3, -0.25) is 0 Å². The SMILES string of the molecule is COC(=O)/C=C/C=C\CNS(=O)(=O)c1ccc(C)cc1. The number of esters is 1. The quantitative estimate of drug-likeness (QED) is 0.491. The van der Waals surface area contributed by atoms with Gasteiger partial charge in [-0.2, -0.15) is 0 Å². The Morgan fingerprint density at radius 2 is 1.90 bits per heavy atom. The summed E-state index contributed by atoms with van der Waals surface area (Å²) in [7, 11) is -2.22. The number of carbonyl (C=O) groups is 1. The summed E-state index contributed by atoms with van der Waals surface area (Å²) in [6, 6.07) is 6.59. The first-order valence-electron chi connectivity index (χ1n) is 5.93. The lowest BCUT2D eigenvalue weighted by Gasteiger charge is -2.04. The first-order valence-corrected chi connectivity index (χ1v) is 7.41. The zero-order chi connectivity index (χ0) is 15.0. The molecule has 0 bridgehead atoms. The lowest BCUT2D eigenvalue weighted by Crippen LogP contribution is -2.23. The second-order valence-corrected chi connectivity index (χ2v) is 5.74. The van der Waals surface area contributed by atoms with Gasteiger partial charge in [-0.05, 0) is 19.1 Å². The molecule has 1 N–H and O–H groups in total. The summed E-state index contributed by atoms with van der Waals surface area (Å²) in [5.74, 6) is -0.463. The summed E-state index contributed by atoms with van der Waals surface area (Å²) in [6.45, 7) is 2.03. The molecule has 0 aromatic heterocycles. The molecule has 0 heterocycles. The molecule has 20 heavy (non-hydrogen) atoms. The molecule has 0 spiro atoms. The van der Waals surface area contributed by atoms with Gasteiger partial charge in [0.1, 0.15) is 0 Å². The molecular weight excluding hydrogens is 278 g/mol. The second kappa shape index (κ2) is 7.62. The average molecular weight is 295 g/mol. The first-order chi connectivity index (χ1) is 9.45. The normalized spacial score (nSPS) is 12.1. The van der Waals surface area contributed by atoms with Crippen molar-refractivity contribution in [1.29, 1.82) is 0 Å². The van der Waals surface area contributed by atoms with E-state index in [1.807, 2.05) is 6.92 Å². The third-order valence-corrected chi connectivity index (χ3v) is 3.84. The van der Waals surface area contributed by atoms with Crippen LogP contribution in [0, 0.1) is 6.92 Å². The Balaban J connectivity index is 2.52. The van der Waals surface area contributed by atoms with E-state index in [-0.39, 0.29) is 11.4 Å². The Morgan fingerprint density at radius 3 is 2.50 bits per heavy atom. The van der Waals surface area contributed by atoms with E-state index in [0.29, 0.717) is 0 Å². The van der Waals surface area contributed by atoms with Gasteiger partial charge >= 0.3 is 5.97 Å². The fraction of sp³-hybridized carbons (Fsp3) is 0.214. The van der Waals surface area contributed by atoms with Crippen LogP contribution >= 0.6 is 0 Å². The lowest BCUT2D eigenvalue weighted by atomic mass is 10.2. The van der Waals surface area contributed by atoms with Gasteiger partial charge in [0.2, 0.25) is 10.0 Å². The minimum Gasteiger partial charge on any atom is -0.466 e. The molecule has 0 unspecified atom stereocenters. The third-order valence-electron chi connectivity index (χ3n) is 2.40. The lowest BCUT2D eigenvalue weighted by molar-refractivity contribution is -0.134. The van der Waals surface area contributed by atoms with Crippen molar-refractivity contribution in [3.8, 4) is 0 Å². The molecule has 1 aromatic carbocycles. The van der Waals surface area contributed by atoms with E-state index in [0.717, 1.165) is 5.56 Å². The summed E-state index contributed by atoms with van der Waals surface area (Å²) >= 11 is 0. The van der Waals surface area contributed by atoms with Crippen molar-refractivity contribution >= 4 is 16.0 Å². The summed E-state index contributed by atoms with van der Waals surface area (Å²) in [4.78, 5) is 11.0. The zero-order valence-electron chi connectivity index (χ0n) is 11.4. The monoisotopic (exact) mass is 295 g/mol. The van der Waals surface area contributed by atoms with Crippen LogP contribution in [-0.2, 0) is 19.6 Å². The van der Waals surface area contributed by atoms with Crippen LogP contribution in [0.1, 0.15) is 5.56 Å². The molecule has 5 nitrogen and oxygen atoms in total. The highest BCUT2D eigenvalue weighted by Crippen LogP contribution is 2.09. The average Bonchev–Trinajstić information content (AvgIpc) is 2.42. The summed E-state index contributed by atoms with van der Waals surface area (Å²) in [5, 5.41) is 0. The van der Waals surface area contributed by atoms with Crippen LogP contribution in [0.25, 0.3) is 0 Å². The van der Waals surface area contributed by atoms with E-state index in [1.165, 1.54) is 19.3 Å². The molecule has 108 valence electrons. The van der Waals surface area contributed by atoms with Crippen molar-refractivity contribution in [3.63, 3.8) is 0 Å². The number of hydrogen-bond donors (Lipinski definition) is 1. The molecule has 6 heteroatoms. The van der Waals surface area contributed by atoms with Gasteiger partial charge in [-0.15, -0.1) is 0 Å². The van der Waals surface area contributed by atoms with Gasteiger partial charge in [0.15, 0.2) is 0 Å². The van der Waals surface area contributed by atoms with E-state index in [1.54, 1.807) is 36.4 Å². The molecule has 0 saturated carbocycles. The van der Waals surface area contributed by atoms with Crippen LogP contribution in [0.4, 0.5) is 0 Å². The molecule has 0 fully saturated rings. The van der Waals surface area contributed by atoms with Crippen molar-refractivity contribution < 1.29 is 17.9 Å². The number of allylic oxidation sites excluding steroid dienone is 2. The Kier molecular flexibility index (Phi) is 6.14. The van der Waals surface area contributed by atoms with Crippen LogP contribution in [0.3, 0.4) is 0 Å². The molecule has 1 rings (SSSR count). The van der Waals surface area contributed by atoms with E-state index in [4.69, 9.17) is 0 Å². The maximum absolute atomic E-state index is 11.9. The summed E-state index contributed by atoms with van der Waals surface area (Å²) < 4.78 is 30.6. The van der Waals surface area contributed by atoms with Crippen LogP contribution < -0.4 is 4.72 Å². The van der Waals surface area contributed by atoms with Gasteiger partial charge in [0.25, 0.3) is 0 Å². The Hall–Kier alpha value is -1.92. The number of benzene rings is 1. The highest BCUT2D eigenvalue weighted by Gasteiger charge is 2.11. The molecule has 0 aliphatic rings. The highest BCUT2D eigenvalue weighted by molar-refractivity contribution is 7.89. The minimum absolute atomic E-state index is 0.141. The smallest absolute Gasteiger partial charge is 0.330 e. The fourth-order valence-corrected chi connectivity index (χ4v) is 2.28. The third kappa shape index (κ3) is 5.38.